The molecule has 7 nitrogen and oxygen atoms in total. The van der Waals surface area contributed by atoms with Crippen molar-refractivity contribution in [3.05, 3.63) is 93.8 Å². The zero-order valence-corrected chi connectivity index (χ0v) is 23.0. The highest BCUT2D eigenvalue weighted by molar-refractivity contribution is 8.00. The monoisotopic (exact) mass is 549 g/mol. The molecular formula is C28H28FN5O2S2. The summed E-state index contributed by atoms with van der Waals surface area (Å²) in [6.07, 6.45) is 3.34. The number of hydrogen-bond acceptors (Lipinski definition) is 6. The van der Waals surface area contributed by atoms with Crippen LogP contribution >= 0.6 is 23.1 Å². The van der Waals surface area contributed by atoms with E-state index in [9.17, 15) is 14.0 Å². The zero-order valence-electron chi connectivity index (χ0n) is 21.3. The third kappa shape index (κ3) is 5.37. The van der Waals surface area contributed by atoms with Gasteiger partial charge in [-0.3, -0.25) is 19.5 Å². The molecule has 0 spiro atoms. The van der Waals surface area contributed by atoms with Crippen LogP contribution in [0.4, 0.5) is 10.2 Å². The SMILES string of the molecule is CC(C)(C)c1nn(-c2ccc(F)cc2)c2c1C(c1cccs1)SCC(=O)N2CC(=O)NCc1ccncc1. The third-order valence-electron chi connectivity index (χ3n) is 6.21. The molecule has 0 bridgehead atoms. The highest BCUT2D eigenvalue weighted by Gasteiger charge is 2.40. The summed E-state index contributed by atoms with van der Waals surface area (Å²) in [5, 5.41) is 9.80. The fourth-order valence-electron chi connectivity index (χ4n) is 4.40. The second kappa shape index (κ2) is 10.7. The van der Waals surface area contributed by atoms with Gasteiger partial charge in [0.2, 0.25) is 11.8 Å². The Balaban J connectivity index is 1.62. The van der Waals surface area contributed by atoms with Crippen LogP contribution in [0.15, 0.2) is 66.3 Å². The molecule has 1 aliphatic rings. The van der Waals surface area contributed by atoms with Gasteiger partial charge in [-0.05, 0) is 53.4 Å². The number of nitrogens with one attached hydrogen (secondary N) is 1. The Morgan fingerprint density at radius 1 is 1.13 bits per heavy atom. The molecule has 1 N–H and O–H groups in total. The first-order valence-corrected chi connectivity index (χ1v) is 14.2. The lowest BCUT2D eigenvalue weighted by Crippen LogP contribution is -2.42. The molecule has 2 amide bonds. The van der Waals surface area contributed by atoms with E-state index in [0.29, 0.717) is 18.1 Å². The average Bonchev–Trinajstić information content (AvgIpc) is 3.54. The van der Waals surface area contributed by atoms with E-state index in [-0.39, 0.29) is 40.6 Å². The van der Waals surface area contributed by atoms with Crippen LogP contribution in [0, 0.1) is 5.82 Å². The van der Waals surface area contributed by atoms with Crippen molar-refractivity contribution in [2.45, 2.75) is 38.0 Å². The van der Waals surface area contributed by atoms with Crippen LogP contribution in [0.25, 0.3) is 5.69 Å². The fourth-order valence-corrected chi connectivity index (χ4v) is 6.58. The van der Waals surface area contributed by atoms with Crippen molar-refractivity contribution in [1.82, 2.24) is 20.1 Å². The molecule has 3 aromatic heterocycles. The molecule has 1 aliphatic heterocycles. The van der Waals surface area contributed by atoms with Crippen molar-refractivity contribution < 1.29 is 14.0 Å². The van der Waals surface area contributed by atoms with E-state index < -0.39 is 0 Å². The Morgan fingerprint density at radius 3 is 2.53 bits per heavy atom. The van der Waals surface area contributed by atoms with E-state index >= 15 is 0 Å². The number of carbonyl (C=O) groups is 2. The van der Waals surface area contributed by atoms with Crippen LogP contribution in [0.1, 0.15) is 47.7 Å². The van der Waals surface area contributed by atoms with Gasteiger partial charge in [-0.15, -0.1) is 23.1 Å². The van der Waals surface area contributed by atoms with E-state index in [4.69, 9.17) is 5.10 Å². The molecule has 0 aliphatic carbocycles. The maximum Gasteiger partial charge on any atom is 0.240 e. The van der Waals surface area contributed by atoms with Gasteiger partial charge in [0.1, 0.15) is 18.2 Å². The van der Waals surface area contributed by atoms with E-state index in [0.717, 1.165) is 21.7 Å². The fraction of sp³-hybridized carbons (Fsp3) is 0.286. The highest BCUT2D eigenvalue weighted by Crippen LogP contribution is 2.49. The van der Waals surface area contributed by atoms with E-state index in [1.807, 2.05) is 23.6 Å². The molecule has 196 valence electrons. The molecule has 4 heterocycles. The molecule has 0 radical (unpaired) electrons. The number of anilines is 1. The van der Waals surface area contributed by atoms with Crippen molar-refractivity contribution in [2.75, 3.05) is 17.2 Å². The molecule has 5 rings (SSSR count). The number of benzene rings is 1. The van der Waals surface area contributed by atoms with Crippen molar-refractivity contribution in [3.8, 4) is 5.69 Å². The van der Waals surface area contributed by atoms with Crippen molar-refractivity contribution in [1.29, 1.82) is 0 Å². The van der Waals surface area contributed by atoms with Crippen LogP contribution in [0.2, 0.25) is 0 Å². The number of fused-ring (bicyclic) bond motifs is 1. The molecule has 1 atom stereocenters. The highest BCUT2D eigenvalue weighted by atomic mass is 32.2. The standard InChI is InChI=1S/C28H28FN5O2S2/c1-28(2,3)26-24-25(21-5-4-14-37-21)38-17-23(36)33(16-22(35)31-15-18-10-12-30-13-11-18)27(24)34(32-26)20-8-6-19(29)7-9-20/h4-14,25H,15-17H2,1-3H3,(H,31,35). The van der Waals surface area contributed by atoms with E-state index in [2.05, 4.69) is 37.1 Å². The Kier molecular flexibility index (Phi) is 7.36. The van der Waals surface area contributed by atoms with Crippen LogP contribution in [-0.4, -0.2) is 38.9 Å². The lowest BCUT2D eigenvalue weighted by molar-refractivity contribution is -0.123. The summed E-state index contributed by atoms with van der Waals surface area (Å²) < 4.78 is 15.5. The number of hydrogen-bond donors (Lipinski definition) is 1. The molecule has 0 saturated carbocycles. The van der Waals surface area contributed by atoms with Crippen LogP contribution in [0.5, 0.6) is 0 Å². The molecule has 1 aromatic carbocycles. The number of amides is 2. The molecule has 38 heavy (non-hydrogen) atoms. The minimum atomic E-state index is -0.363. The van der Waals surface area contributed by atoms with Gasteiger partial charge in [-0.2, -0.15) is 5.10 Å². The number of nitrogens with zero attached hydrogens (tertiary/aromatic N) is 4. The van der Waals surface area contributed by atoms with Crippen molar-refractivity contribution in [3.63, 3.8) is 0 Å². The van der Waals surface area contributed by atoms with Gasteiger partial charge >= 0.3 is 0 Å². The molecule has 4 aromatic rings. The molecular weight excluding hydrogens is 521 g/mol. The van der Waals surface area contributed by atoms with Crippen LogP contribution in [0.3, 0.4) is 0 Å². The van der Waals surface area contributed by atoms with Gasteiger partial charge in [0, 0.05) is 34.8 Å². The number of pyridine rings is 1. The van der Waals surface area contributed by atoms with Crippen LogP contribution in [-0.2, 0) is 21.5 Å². The Labute approximate surface area is 229 Å². The minimum Gasteiger partial charge on any atom is -0.350 e. The Bertz CT molecular complexity index is 1430. The number of thioether (sulfide) groups is 1. The summed E-state index contributed by atoms with van der Waals surface area (Å²) in [6, 6.07) is 13.7. The quantitative estimate of drug-likeness (QED) is 0.355. The van der Waals surface area contributed by atoms with Gasteiger partial charge in [-0.1, -0.05) is 26.8 Å². The zero-order chi connectivity index (χ0) is 26.9. The summed E-state index contributed by atoms with van der Waals surface area (Å²) in [5.74, 6) is -0.0718. The maximum atomic E-state index is 13.8. The minimum absolute atomic E-state index is 0.137. The lowest BCUT2D eigenvalue weighted by atomic mass is 9.88. The Morgan fingerprint density at radius 2 is 1.87 bits per heavy atom. The largest absolute Gasteiger partial charge is 0.350 e. The second-order valence-electron chi connectivity index (χ2n) is 10.0. The predicted molar refractivity (Wildman–Crippen MR) is 149 cm³/mol. The summed E-state index contributed by atoms with van der Waals surface area (Å²) in [5.41, 5.74) is 2.91. The molecule has 1 unspecified atom stereocenters. The molecule has 0 fully saturated rings. The summed E-state index contributed by atoms with van der Waals surface area (Å²) in [7, 11) is 0. The normalized spacial score (nSPS) is 15.7. The number of aromatic nitrogens is 3. The second-order valence-corrected chi connectivity index (χ2v) is 12.1. The summed E-state index contributed by atoms with van der Waals surface area (Å²) in [4.78, 5) is 33.4. The first-order chi connectivity index (χ1) is 18.2. The van der Waals surface area contributed by atoms with Gasteiger partial charge in [-0.25, -0.2) is 9.07 Å². The summed E-state index contributed by atoms with van der Waals surface area (Å²) in [6.45, 7) is 6.41. The van der Waals surface area contributed by atoms with Gasteiger partial charge in [0.15, 0.2) is 0 Å². The predicted octanol–water partition coefficient (Wildman–Crippen LogP) is 5.25. The van der Waals surface area contributed by atoms with Gasteiger partial charge in [0.05, 0.1) is 22.4 Å². The number of thiophene rings is 1. The number of carbonyl (C=O) groups excluding carboxylic acids is 2. The average molecular weight is 550 g/mol. The molecule has 10 heteroatoms. The third-order valence-corrected chi connectivity index (χ3v) is 8.54. The van der Waals surface area contributed by atoms with E-state index in [1.165, 1.54) is 17.0 Å². The first-order valence-electron chi connectivity index (χ1n) is 12.2. The maximum absolute atomic E-state index is 13.8. The van der Waals surface area contributed by atoms with Gasteiger partial charge < -0.3 is 5.32 Å². The molecule has 0 saturated heterocycles. The lowest BCUT2D eigenvalue weighted by Gasteiger charge is -2.24. The van der Waals surface area contributed by atoms with Crippen molar-refractivity contribution in [2.24, 2.45) is 0 Å². The topological polar surface area (TPSA) is 80.1 Å². The van der Waals surface area contributed by atoms with Crippen LogP contribution < -0.4 is 10.2 Å². The Hall–Kier alpha value is -3.50. The van der Waals surface area contributed by atoms with E-state index in [1.54, 1.807) is 52.3 Å². The first kappa shape index (κ1) is 26.1. The number of rotatable bonds is 6. The van der Waals surface area contributed by atoms with Crippen molar-refractivity contribution >= 4 is 40.7 Å². The number of halogens is 1. The van der Waals surface area contributed by atoms with Gasteiger partial charge in [0.25, 0.3) is 0 Å². The summed E-state index contributed by atoms with van der Waals surface area (Å²) >= 11 is 3.17. The smallest absolute Gasteiger partial charge is 0.240 e.